The number of para-hydroxylation sites is 2. The Kier molecular flexibility index (Phi) is 5.16. The number of nitro groups is 1. The Balaban J connectivity index is 1.54. The van der Waals surface area contributed by atoms with Gasteiger partial charge >= 0.3 is 0 Å². The molecule has 0 radical (unpaired) electrons. The van der Waals surface area contributed by atoms with Gasteiger partial charge in [0.2, 0.25) is 11.8 Å². The molecular weight excluding hydrogens is 324 g/mol. The molecule has 0 aromatic heterocycles. The number of nitrogens with one attached hydrogen (secondary N) is 2. The van der Waals surface area contributed by atoms with E-state index in [1.54, 1.807) is 18.2 Å². The molecule has 2 aliphatic rings. The van der Waals surface area contributed by atoms with E-state index in [1.165, 1.54) is 6.07 Å². The van der Waals surface area contributed by atoms with Crippen molar-refractivity contribution in [2.24, 2.45) is 5.92 Å². The van der Waals surface area contributed by atoms with Crippen LogP contribution < -0.4 is 15.5 Å². The summed E-state index contributed by atoms with van der Waals surface area (Å²) in [6.07, 6.45) is 2.45. The highest BCUT2D eigenvalue weighted by atomic mass is 16.6. The minimum absolute atomic E-state index is 0.00144. The number of hydrogen-bond acceptors (Lipinski definition) is 5. The van der Waals surface area contributed by atoms with E-state index in [0.717, 1.165) is 0 Å². The first-order valence-corrected chi connectivity index (χ1v) is 8.60. The zero-order valence-electron chi connectivity index (χ0n) is 13.9. The Hall–Kier alpha value is -2.64. The molecular formula is C17H22N4O4. The summed E-state index contributed by atoms with van der Waals surface area (Å²) in [5.41, 5.74) is 0.713. The SMILES string of the molecule is O=C1CC[C@@H](NC(=O)C2CCN(c3ccccc3[N+](=O)[O-])CC2)CN1. The van der Waals surface area contributed by atoms with Crippen molar-refractivity contribution in [1.82, 2.24) is 10.6 Å². The van der Waals surface area contributed by atoms with Crippen LogP contribution >= 0.6 is 0 Å². The fourth-order valence-electron chi connectivity index (χ4n) is 3.44. The summed E-state index contributed by atoms with van der Waals surface area (Å²) in [5.74, 6) is -0.0386. The second-order valence-corrected chi connectivity index (χ2v) is 6.56. The molecule has 2 saturated heterocycles. The molecule has 1 atom stereocenters. The summed E-state index contributed by atoms with van der Waals surface area (Å²) in [5, 5.41) is 16.9. The summed E-state index contributed by atoms with van der Waals surface area (Å²) in [4.78, 5) is 36.4. The van der Waals surface area contributed by atoms with Crippen LogP contribution in [-0.2, 0) is 9.59 Å². The highest BCUT2D eigenvalue weighted by Crippen LogP contribution is 2.31. The number of anilines is 1. The van der Waals surface area contributed by atoms with E-state index in [1.807, 2.05) is 4.90 Å². The van der Waals surface area contributed by atoms with E-state index in [2.05, 4.69) is 10.6 Å². The zero-order chi connectivity index (χ0) is 17.8. The molecule has 2 fully saturated rings. The average Bonchev–Trinajstić information content (AvgIpc) is 2.63. The Morgan fingerprint density at radius 1 is 1.24 bits per heavy atom. The predicted molar refractivity (Wildman–Crippen MR) is 92.2 cm³/mol. The van der Waals surface area contributed by atoms with E-state index >= 15 is 0 Å². The lowest BCUT2D eigenvalue weighted by atomic mass is 9.94. The van der Waals surface area contributed by atoms with Gasteiger partial charge in [-0.15, -0.1) is 0 Å². The molecule has 0 bridgehead atoms. The van der Waals surface area contributed by atoms with E-state index < -0.39 is 0 Å². The van der Waals surface area contributed by atoms with Crippen LogP contribution in [-0.4, -0.2) is 42.4 Å². The number of rotatable bonds is 4. The van der Waals surface area contributed by atoms with E-state index in [0.29, 0.717) is 51.0 Å². The van der Waals surface area contributed by atoms with Crippen molar-refractivity contribution in [3.63, 3.8) is 0 Å². The second-order valence-electron chi connectivity index (χ2n) is 6.56. The quantitative estimate of drug-likeness (QED) is 0.630. The highest BCUT2D eigenvalue weighted by molar-refractivity contribution is 5.80. The second kappa shape index (κ2) is 7.50. The predicted octanol–water partition coefficient (Wildman–Crippen LogP) is 1.21. The molecule has 25 heavy (non-hydrogen) atoms. The van der Waals surface area contributed by atoms with Crippen LogP contribution in [0.15, 0.2) is 24.3 Å². The summed E-state index contributed by atoms with van der Waals surface area (Å²) < 4.78 is 0. The van der Waals surface area contributed by atoms with Crippen molar-refractivity contribution in [2.45, 2.75) is 31.7 Å². The average molecular weight is 346 g/mol. The fraction of sp³-hybridized carbons (Fsp3) is 0.529. The van der Waals surface area contributed by atoms with Crippen LogP contribution in [0, 0.1) is 16.0 Å². The van der Waals surface area contributed by atoms with Crippen molar-refractivity contribution in [2.75, 3.05) is 24.5 Å². The smallest absolute Gasteiger partial charge is 0.292 e. The molecule has 0 aliphatic carbocycles. The first-order valence-electron chi connectivity index (χ1n) is 8.60. The van der Waals surface area contributed by atoms with Crippen molar-refractivity contribution >= 4 is 23.2 Å². The molecule has 0 unspecified atom stereocenters. The fourth-order valence-corrected chi connectivity index (χ4v) is 3.44. The Morgan fingerprint density at radius 2 is 1.96 bits per heavy atom. The molecule has 1 aromatic carbocycles. The first-order chi connectivity index (χ1) is 12.0. The van der Waals surface area contributed by atoms with Gasteiger partial charge in [0.25, 0.3) is 5.69 Å². The van der Waals surface area contributed by atoms with Crippen LogP contribution in [0.2, 0.25) is 0 Å². The van der Waals surface area contributed by atoms with Crippen molar-refractivity contribution in [1.29, 1.82) is 0 Å². The summed E-state index contributed by atoms with van der Waals surface area (Å²) >= 11 is 0. The van der Waals surface area contributed by atoms with Crippen LogP contribution in [0.5, 0.6) is 0 Å². The third kappa shape index (κ3) is 4.07. The molecule has 0 spiro atoms. The van der Waals surface area contributed by atoms with Gasteiger partial charge in [0.1, 0.15) is 5.69 Å². The summed E-state index contributed by atoms with van der Waals surface area (Å²) in [6.45, 7) is 1.72. The summed E-state index contributed by atoms with van der Waals surface area (Å²) in [6, 6.07) is 6.70. The highest BCUT2D eigenvalue weighted by Gasteiger charge is 2.29. The first kappa shape index (κ1) is 17.2. The molecule has 8 heteroatoms. The van der Waals surface area contributed by atoms with Gasteiger partial charge in [-0.25, -0.2) is 0 Å². The number of hydrogen-bond donors (Lipinski definition) is 2. The lowest BCUT2D eigenvalue weighted by Gasteiger charge is -2.33. The number of carbonyl (C=O) groups excluding carboxylic acids is 2. The Labute approximate surface area is 145 Å². The van der Waals surface area contributed by atoms with Crippen LogP contribution in [0.4, 0.5) is 11.4 Å². The van der Waals surface area contributed by atoms with Crippen LogP contribution in [0.25, 0.3) is 0 Å². The van der Waals surface area contributed by atoms with Crippen molar-refractivity contribution < 1.29 is 14.5 Å². The maximum absolute atomic E-state index is 12.4. The van der Waals surface area contributed by atoms with Crippen molar-refractivity contribution in [3.8, 4) is 0 Å². The van der Waals surface area contributed by atoms with Gasteiger partial charge in [-0.1, -0.05) is 12.1 Å². The van der Waals surface area contributed by atoms with Gasteiger partial charge < -0.3 is 15.5 Å². The number of piperidine rings is 2. The summed E-state index contributed by atoms with van der Waals surface area (Å²) in [7, 11) is 0. The number of nitrogens with zero attached hydrogens (tertiary/aromatic N) is 2. The maximum atomic E-state index is 12.4. The van der Waals surface area contributed by atoms with Gasteiger partial charge in [-0.2, -0.15) is 0 Å². The van der Waals surface area contributed by atoms with Gasteiger partial charge in [0.15, 0.2) is 0 Å². The Bertz CT molecular complexity index is 660. The monoisotopic (exact) mass is 346 g/mol. The molecule has 0 saturated carbocycles. The van der Waals surface area contributed by atoms with E-state index in [4.69, 9.17) is 0 Å². The molecule has 2 amide bonds. The van der Waals surface area contributed by atoms with Crippen LogP contribution in [0.3, 0.4) is 0 Å². The minimum Gasteiger partial charge on any atom is -0.366 e. The number of carbonyl (C=O) groups is 2. The third-order valence-corrected chi connectivity index (χ3v) is 4.90. The minimum atomic E-state index is -0.370. The van der Waals surface area contributed by atoms with Gasteiger partial charge in [-0.05, 0) is 25.3 Å². The van der Waals surface area contributed by atoms with Gasteiger partial charge in [0.05, 0.1) is 4.92 Å². The lowest BCUT2D eigenvalue weighted by Crippen LogP contribution is -2.50. The molecule has 2 heterocycles. The van der Waals surface area contributed by atoms with E-state index in [9.17, 15) is 19.7 Å². The molecule has 2 N–H and O–H groups in total. The van der Waals surface area contributed by atoms with Gasteiger partial charge in [0, 0.05) is 44.1 Å². The van der Waals surface area contributed by atoms with Crippen molar-refractivity contribution in [3.05, 3.63) is 34.4 Å². The number of nitro benzene ring substituents is 1. The number of benzene rings is 1. The Morgan fingerprint density at radius 3 is 2.60 bits per heavy atom. The topological polar surface area (TPSA) is 105 Å². The van der Waals surface area contributed by atoms with Gasteiger partial charge in [-0.3, -0.25) is 19.7 Å². The molecule has 134 valence electrons. The molecule has 8 nitrogen and oxygen atoms in total. The molecule has 2 aliphatic heterocycles. The van der Waals surface area contributed by atoms with E-state index in [-0.39, 0.29) is 34.4 Å². The van der Waals surface area contributed by atoms with Crippen LogP contribution in [0.1, 0.15) is 25.7 Å². The third-order valence-electron chi connectivity index (χ3n) is 4.90. The maximum Gasteiger partial charge on any atom is 0.292 e. The zero-order valence-corrected chi connectivity index (χ0v) is 13.9. The molecule has 3 rings (SSSR count). The largest absolute Gasteiger partial charge is 0.366 e. The molecule has 1 aromatic rings. The lowest BCUT2D eigenvalue weighted by molar-refractivity contribution is -0.384. The normalized spacial score (nSPS) is 21.5. The number of amides is 2. The standard InChI is InChI=1S/C17H22N4O4/c22-16-6-5-13(11-18-16)19-17(23)12-7-9-20(10-8-12)14-3-1-2-4-15(14)21(24)25/h1-4,12-13H,5-11H2,(H,18,22)(H,19,23)/t13-/m1/s1.